The third-order valence-corrected chi connectivity index (χ3v) is 4.98. The molecule has 0 nitrogen and oxygen atoms in total. The summed E-state index contributed by atoms with van der Waals surface area (Å²) in [5, 5.41) is 0. The average Bonchev–Trinajstić information content (AvgIpc) is 2.48. The maximum Gasteiger partial charge on any atom is -0.0295 e. The lowest BCUT2D eigenvalue weighted by molar-refractivity contribution is 0.128. The van der Waals surface area contributed by atoms with Crippen LogP contribution in [0.2, 0.25) is 0 Å². The summed E-state index contributed by atoms with van der Waals surface area (Å²) in [5.41, 5.74) is 0.810. The van der Waals surface area contributed by atoms with Crippen molar-refractivity contribution in [3.63, 3.8) is 0 Å². The molecule has 2 rings (SSSR count). The fourth-order valence-electron chi connectivity index (χ4n) is 3.87. The van der Waals surface area contributed by atoms with Crippen LogP contribution in [0.1, 0.15) is 65.7 Å². The van der Waals surface area contributed by atoms with Crippen LogP contribution in [0.3, 0.4) is 0 Å². The fourth-order valence-corrected chi connectivity index (χ4v) is 3.87. The summed E-state index contributed by atoms with van der Waals surface area (Å²) in [6.45, 7) is 7.25. The van der Waals surface area contributed by atoms with Crippen molar-refractivity contribution in [1.82, 2.24) is 0 Å². The Labute approximate surface area is 89.5 Å². The summed E-state index contributed by atoms with van der Waals surface area (Å²) in [6, 6.07) is 0. The fraction of sp³-hybridized carbons (Fsp3) is 1.00. The second-order valence-corrected chi connectivity index (χ2v) is 6.43. The van der Waals surface area contributed by atoms with Crippen LogP contribution >= 0.6 is 0 Å². The van der Waals surface area contributed by atoms with Crippen molar-refractivity contribution < 1.29 is 0 Å². The molecule has 2 fully saturated rings. The monoisotopic (exact) mass is 194 g/mol. The van der Waals surface area contributed by atoms with Crippen molar-refractivity contribution in [2.75, 3.05) is 0 Å². The van der Waals surface area contributed by atoms with Crippen LogP contribution in [0.5, 0.6) is 0 Å². The maximum atomic E-state index is 2.45. The molecule has 82 valence electrons. The summed E-state index contributed by atoms with van der Waals surface area (Å²) in [6.07, 6.45) is 10.7. The number of hydrogen-bond acceptors (Lipinski definition) is 0. The van der Waals surface area contributed by atoms with E-state index in [1.807, 2.05) is 0 Å². The molecule has 0 aromatic heterocycles. The van der Waals surface area contributed by atoms with Crippen LogP contribution in [0.15, 0.2) is 0 Å². The number of hydrogen-bond donors (Lipinski definition) is 0. The van der Waals surface area contributed by atoms with Crippen molar-refractivity contribution in [2.24, 2.45) is 23.2 Å². The van der Waals surface area contributed by atoms with Crippen LogP contribution in [-0.4, -0.2) is 0 Å². The van der Waals surface area contributed by atoms with Gasteiger partial charge in [0.15, 0.2) is 0 Å². The van der Waals surface area contributed by atoms with Crippen LogP contribution in [0, 0.1) is 23.2 Å². The van der Waals surface area contributed by atoms with E-state index < -0.39 is 0 Å². The Bertz CT molecular complexity index is 184. The van der Waals surface area contributed by atoms with Crippen LogP contribution in [0.4, 0.5) is 0 Å². The molecule has 1 atom stereocenters. The van der Waals surface area contributed by atoms with E-state index in [9.17, 15) is 0 Å². The molecule has 2 aliphatic carbocycles. The zero-order chi connectivity index (χ0) is 10.2. The van der Waals surface area contributed by atoms with Crippen LogP contribution < -0.4 is 0 Å². The van der Waals surface area contributed by atoms with E-state index in [0.717, 1.165) is 23.2 Å². The standard InChI is InChI=1S/C14H26/c1-11(2)13-5-8-14(9-6-13)7-4-12(3)10-14/h11-13H,4-10H2,1-3H3. The van der Waals surface area contributed by atoms with Crippen molar-refractivity contribution in [1.29, 1.82) is 0 Å². The van der Waals surface area contributed by atoms with Gasteiger partial charge in [0, 0.05) is 0 Å². The lowest BCUT2D eigenvalue weighted by Gasteiger charge is -2.39. The Balaban J connectivity index is 1.89. The highest BCUT2D eigenvalue weighted by molar-refractivity contribution is 4.91. The Hall–Kier alpha value is 0. The molecule has 1 spiro atoms. The van der Waals surface area contributed by atoms with Gasteiger partial charge in [-0.1, -0.05) is 27.2 Å². The van der Waals surface area contributed by atoms with Gasteiger partial charge in [-0.2, -0.15) is 0 Å². The third kappa shape index (κ3) is 1.99. The first-order chi connectivity index (χ1) is 6.61. The molecule has 0 heteroatoms. The van der Waals surface area contributed by atoms with E-state index >= 15 is 0 Å². The minimum absolute atomic E-state index is 0.810. The molecule has 2 aliphatic rings. The van der Waals surface area contributed by atoms with Crippen LogP contribution in [0.25, 0.3) is 0 Å². The molecule has 1 unspecified atom stereocenters. The summed E-state index contributed by atoms with van der Waals surface area (Å²) in [5.74, 6) is 2.98. The quantitative estimate of drug-likeness (QED) is 0.570. The topological polar surface area (TPSA) is 0 Å². The smallest absolute Gasteiger partial charge is 0.0295 e. The average molecular weight is 194 g/mol. The minimum atomic E-state index is 0.810. The Morgan fingerprint density at radius 1 is 1.00 bits per heavy atom. The van der Waals surface area contributed by atoms with E-state index in [0.29, 0.717) is 0 Å². The Morgan fingerprint density at radius 3 is 2.00 bits per heavy atom. The molecule has 0 N–H and O–H groups in total. The second-order valence-electron chi connectivity index (χ2n) is 6.43. The zero-order valence-corrected chi connectivity index (χ0v) is 10.2. The second kappa shape index (κ2) is 3.87. The van der Waals surface area contributed by atoms with E-state index in [2.05, 4.69) is 20.8 Å². The SMILES string of the molecule is CC1CCC2(CCC(C(C)C)CC2)C1. The van der Waals surface area contributed by atoms with Crippen LogP contribution in [-0.2, 0) is 0 Å². The van der Waals surface area contributed by atoms with E-state index in [-0.39, 0.29) is 0 Å². The summed E-state index contributed by atoms with van der Waals surface area (Å²) >= 11 is 0. The minimum Gasteiger partial charge on any atom is -0.0625 e. The predicted octanol–water partition coefficient (Wildman–Crippen LogP) is 4.64. The van der Waals surface area contributed by atoms with Gasteiger partial charge in [-0.25, -0.2) is 0 Å². The summed E-state index contributed by atoms with van der Waals surface area (Å²) < 4.78 is 0. The van der Waals surface area contributed by atoms with Crippen molar-refractivity contribution in [2.45, 2.75) is 65.7 Å². The molecule has 0 saturated heterocycles. The molecular weight excluding hydrogens is 168 g/mol. The van der Waals surface area contributed by atoms with E-state index in [1.165, 1.54) is 25.7 Å². The molecule has 0 amide bonds. The molecule has 14 heavy (non-hydrogen) atoms. The van der Waals surface area contributed by atoms with Gasteiger partial charge in [0.25, 0.3) is 0 Å². The zero-order valence-electron chi connectivity index (χ0n) is 10.2. The Morgan fingerprint density at radius 2 is 1.57 bits per heavy atom. The normalized spacial score (nSPS) is 43.7. The molecule has 0 heterocycles. The first kappa shape index (κ1) is 10.5. The van der Waals surface area contributed by atoms with Gasteiger partial charge in [0.1, 0.15) is 0 Å². The largest absolute Gasteiger partial charge is 0.0625 e. The lowest BCUT2D eigenvalue weighted by atomic mass is 9.67. The van der Waals surface area contributed by atoms with Crippen molar-refractivity contribution in [3.05, 3.63) is 0 Å². The molecule has 0 radical (unpaired) electrons. The highest BCUT2D eigenvalue weighted by Gasteiger charge is 2.40. The molecular formula is C14H26. The first-order valence-electron chi connectivity index (χ1n) is 6.61. The summed E-state index contributed by atoms with van der Waals surface area (Å²) in [4.78, 5) is 0. The molecule has 0 aromatic rings. The van der Waals surface area contributed by atoms with Crippen molar-refractivity contribution in [3.8, 4) is 0 Å². The van der Waals surface area contributed by atoms with Gasteiger partial charge in [-0.3, -0.25) is 0 Å². The van der Waals surface area contributed by atoms with Gasteiger partial charge < -0.3 is 0 Å². The highest BCUT2D eigenvalue weighted by atomic mass is 14.5. The third-order valence-electron chi connectivity index (χ3n) is 4.98. The van der Waals surface area contributed by atoms with Gasteiger partial charge in [0.05, 0.1) is 0 Å². The summed E-state index contributed by atoms with van der Waals surface area (Å²) in [7, 11) is 0. The molecule has 0 bridgehead atoms. The molecule has 0 aromatic carbocycles. The van der Waals surface area contributed by atoms with E-state index in [1.54, 1.807) is 19.3 Å². The molecule has 2 saturated carbocycles. The maximum absolute atomic E-state index is 2.45. The van der Waals surface area contributed by atoms with Gasteiger partial charge in [0.2, 0.25) is 0 Å². The van der Waals surface area contributed by atoms with E-state index in [4.69, 9.17) is 0 Å². The highest BCUT2D eigenvalue weighted by Crippen LogP contribution is 2.53. The van der Waals surface area contributed by atoms with Crippen molar-refractivity contribution >= 4 is 0 Å². The molecule has 0 aliphatic heterocycles. The first-order valence-corrected chi connectivity index (χ1v) is 6.61. The van der Waals surface area contributed by atoms with Gasteiger partial charge >= 0.3 is 0 Å². The number of rotatable bonds is 1. The lowest BCUT2D eigenvalue weighted by Crippen LogP contribution is -2.27. The predicted molar refractivity (Wildman–Crippen MR) is 62.2 cm³/mol. The Kier molecular flexibility index (Phi) is 2.91. The van der Waals surface area contributed by atoms with Gasteiger partial charge in [-0.05, 0) is 61.7 Å². The van der Waals surface area contributed by atoms with Gasteiger partial charge in [-0.15, -0.1) is 0 Å².